The molecule has 2 fully saturated rings. The van der Waals surface area contributed by atoms with Crippen LogP contribution in [0.2, 0.25) is 5.15 Å². The van der Waals surface area contributed by atoms with E-state index in [1.165, 1.54) is 0 Å². The molecule has 2 saturated heterocycles. The molecule has 1 N–H and O–H groups in total. The van der Waals surface area contributed by atoms with Crippen molar-refractivity contribution >= 4 is 34.1 Å². The van der Waals surface area contributed by atoms with E-state index in [9.17, 15) is 4.39 Å². The van der Waals surface area contributed by atoms with Gasteiger partial charge in [0.2, 0.25) is 5.88 Å². The molecule has 3 aromatic heterocycles. The molecular formula is C31H33ClF2N8O3. The van der Waals surface area contributed by atoms with E-state index < -0.39 is 17.5 Å². The second kappa shape index (κ2) is 12.0. The molecule has 4 aromatic rings. The topological polar surface area (TPSA) is 111 Å². The smallest absolute Gasteiger partial charge is 0.319 e. The summed E-state index contributed by atoms with van der Waals surface area (Å²) in [5.74, 6) is 1.09. The van der Waals surface area contributed by atoms with Gasteiger partial charge in [-0.05, 0) is 44.0 Å². The van der Waals surface area contributed by atoms with Gasteiger partial charge in [-0.3, -0.25) is 9.88 Å². The van der Waals surface area contributed by atoms with E-state index in [2.05, 4.69) is 30.2 Å². The Morgan fingerprint density at radius 2 is 1.98 bits per heavy atom. The zero-order valence-electron chi connectivity index (χ0n) is 25.0. The van der Waals surface area contributed by atoms with Crippen LogP contribution in [0.5, 0.6) is 17.6 Å². The Labute approximate surface area is 263 Å². The van der Waals surface area contributed by atoms with Crippen LogP contribution >= 0.6 is 11.6 Å². The molecule has 7 rings (SSSR count). The number of nitrogens with zero attached hydrogens (tertiary/aromatic N) is 7. The van der Waals surface area contributed by atoms with Gasteiger partial charge in [0.15, 0.2) is 11.0 Å². The molecular weight excluding hydrogens is 606 g/mol. The van der Waals surface area contributed by atoms with E-state index >= 15 is 4.39 Å². The van der Waals surface area contributed by atoms with Crippen LogP contribution in [0.25, 0.3) is 10.9 Å². The quantitative estimate of drug-likeness (QED) is 0.246. The first-order valence-corrected chi connectivity index (χ1v) is 15.4. The molecule has 0 spiro atoms. The zero-order chi connectivity index (χ0) is 31.1. The molecule has 0 bridgehead atoms. The van der Waals surface area contributed by atoms with Crippen LogP contribution in [0.1, 0.15) is 43.5 Å². The lowest BCUT2D eigenvalue weighted by molar-refractivity contribution is 0.107. The molecule has 6 heterocycles. The highest BCUT2D eigenvalue weighted by atomic mass is 35.5. The Hall–Kier alpha value is -4.10. The van der Waals surface area contributed by atoms with E-state index in [0.29, 0.717) is 43.4 Å². The van der Waals surface area contributed by atoms with Crippen molar-refractivity contribution in [2.45, 2.75) is 50.5 Å². The van der Waals surface area contributed by atoms with Crippen molar-refractivity contribution in [1.82, 2.24) is 29.8 Å². The second-order valence-corrected chi connectivity index (χ2v) is 12.0. The van der Waals surface area contributed by atoms with Crippen molar-refractivity contribution in [3.8, 4) is 17.6 Å². The van der Waals surface area contributed by atoms with Gasteiger partial charge in [-0.15, -0.1) is 0 Å². The van der Waals surface area contributed by atoms with Crippen molar-refractivity contribution in [3.63, 3.8) is 0 Å². The number of halogens is 3. The average Bonchev–Trinajstić information content (AvgIpc) is 3.52. The van der Waals surface area contributed by atoms with Crippen LogP contribution in [-0.2, 0) is 6.54 Å². The number of nitrogens with one attached hydrogen (secondary N) is 1. The summed E-state index contributed by atoms with van der Waals surface area (Å²) in [6, 6.07) is 7.34. The fourth-order valence-corrected chi connectivity index (χ4v) is 6.86. The van der Waals surface area contributed by atoms with Gasteiger partial charge in [0.25, 0.3) is 0 Å². The number of aromatic nitrogens is 5. The lowest BCUT2D eigenvalue weighted by atomic mass is 9.95. The first-order chi connectivity index (χ1) is 21.8. The summed E-state index contributed by atoms with van der Waals surface area (Å²) in [7, 11) is 1.63. The normalized spacial score (nSPS) is 21.7. The van der Waals surface area contributed by atoms with Crippen molar-refractivity contribution in [2.24, 2.45) is 0 Å². The highest BCUT2D eigenvalue weighted by Gasteiger charge is 2.49. The zero-order valence-corrected chi connectivity index (χ0v) is 25.7. The molecule has 3 atom stereocenters. The van der Waals surface area contributed by atoms with Crippen LogP contribution in [0.15, 0.2) is 36.7 Å². The second-order valence-electron chi connectivity index (χ2n) is 11.6. The van der Waals surface area contributed by atoms with E-state index in [1.54, 1.807) is 19.5 Å². The van der Waals surface area contributed by atoms with Gasteiger partial charge in [-0.2, -0.15) is 15.0 Å². The number of anilines is 2. The molecule has 1 aromatic carbocycles. The summed E-state index contributed by atoms with van der Waals surface area (Å²) in [5, 5.41) is 3.33. The summed E-state index contributed by atoms with van der Waals surface area (Å²) in [4.78, 5) is 26.7. The van der Waals surface area contributed by atoms with Gasteiger partial charge in [0.05, 0.1) is 25.2 Å². The Bertz CT molecular complexity index is 1720. The number of hydrogen-bond acceptors (Lipinski definition) is 11. The molecule has 0 radical (unpaired) electrons. The molecule has 236 valence electrons. The van der Waals surface area contributed by atoms with Crippen LogP contribution < -0.4 is 24.4 Å². The van der Waals surface area contributed by atoms with Gasteiger partial charge in [0, 0.05) is 31.9 Å². The molecule has 14 heteroatoms. The minimum Gasteiger partial charge on any atom is -0.497 e. The lowest BCUT2D eigenvalue weighted by Gasteiger charge is -2.32. The van der Waals surface area contributed by atoms with Gasteiger partial charge < -0.3 is 24.4 Å². The molecule has 3 aliphatic heterocycles. The Balaban J connectivity index is 1.23. The minimum atomic E-state index is -0.908. The van der Waals surface area contributed by atoms with Crippen molar-refractivity contribution in [2.75, 3.05) is 50.2 Å². The van der Waals surface area contributed by atoms with Gasteiger partial charge >= 0.3 is 6.01 Å². The number of alkyl halides is 1. The van der Waals surface area contributed by atoms with Gasteiger partial charge in [0.1, 0.15) is 53.4 Å². The third kappa shape index (κ3) is 5.52. The first kappa shape index (κ1) is 29.6. The number of rotatable bonds is 9. The number of methoxy groups -OCH3 is 1. The summed E-state index contributed by atoms with van der Waals surface area (Å²) in [6.07, 6.45) is 4.52. The minimum absolute atomic E-state index is 0.0238. The van der Waals surface area contributed by atoms with Crippen LogP contribution in [0, 0.1) is 5.82 Å². The first-order valence-electron chi connectivity index (χ1n) is 15.0. The summed E-state index contributed by atoms with van der Waals surface area (Å²) in [6.45, 7) is 4.49. The van der Waals surface area contributed by atoms with E-state index in [0.717, 1.165) is 30.7 Å². The molecule has 3 aliphatic rings. The lowest BCUT2D eigenvalue weighted by Crippen LogP contribution is -2.43. The molecule has 0 aliphatic carbocycles. The average molecular weight is 639 g/mol. The standard InChI is InChI=1S/C31H33ClF2N8O3/c1-18(24-27(36-10-9-35-24)37-15-19-4-6-21(43-2)7-5-19)42-12-13-44-29-22-25(23(34)26(32)39-29)38-30(40-28(22)42)45-17-31-8-3-11-41(31)16-20(33)14-31/h4-7,9-10,18,20H,3,8,11-17H2,1-2H3,(H,36,37)/t18-,20-,31+/m1/s1. The number of pyridine rings is 1. The van der Waals surface area contributed by atoms with Crippen LogP contribution in [-0.4, -0.2) is 81.5 Å². The molecule has 0 amide bonds. The number of hydrogen-bond donors (Lipinski definition) is 1. The third-order valence-electron chi connectivity index (χ3n) is 8.95. The molecule has 45 heavy (non-hydrogen) atoms. The van der Waals surface area contributed by atoms with Crippen molar-refractivity contribution in [1.29, 1.82) is 0 Å². The predicted octanol–water partition coefficient (Wildman–Crippen LogP) is 5.14. The predicted molar refractivity (Wildman–Crippen MR) is 164 cm³/mol. The number of fused-ring (bicyclic) bond motifs is 1. The van der Waals surface area contributed by atoms with E-state index in [1.807, 2.05) is 36.1 Å². The summed E-state index contributed by atoms with van der Waals surface area (Å²) < 4.78 is 47.3. The Morgan fingerprint density at radius 3 is 2.80 bits per heavy atom. The third-order valence-corrected chi connectivity index (χ3v) is 9.21. The maximum atomic E-state index is 15.5. The van der Waals surface area contributed by atoms with Crippen molar-refractivity contribution in [3.05, 3.63) is 58.9 Å². The van der Waals surface area contributed by atoms with Gasteiger partial charge in [-0.25, -0.2) is 13.8 Å². The van der Waals surface area contributed by atoms with Crippen LogP contribution in [0.4, 0.5) is 20.4 Å². The van der Waals surface area contributed by atoms with Gasteiger partial charge in [-0.1, -0.05) is 23.7 Å². The molecule has 11 nitrogen and oxygen atoms in total. The Morgan fingerprint density at radius 1 is 1.16 bits per heavy atom. The summed E-state index contributed by atoms with van der Waals surface area (Å²) >= 11 is 6.18. The largest absolute Gasteiger partial charge is 0.497 e. The summed E-state index contributed by atoms with van der Waals surface area (Å²) in [5.41, 5.74) is 1.21. The number of ether oxygens (including phenoxy) is 3. The molecule has 0 unspecified atom stereocenters. The fraction of sp³-hybridized carbons (Fsp3) is 0.452. The van der Waals surface area contributed by atoms with E-state index in [4.69, 9.17) is 30.8 Å². The Kier molecular flexibility index (Phi) is 7.90. The van der Waals surface area contributed by atoms with Crippen LogP contribution in [0.3, 0.4) is 0 Å². The maximum Gasteiger partial charge on any atom is 0.319 e. The fourth-order valence-electron chi connectivity index (χ4n) is 6.69. The maximum absolute atomic E-state index is 15.5. The number of benzene rings is 1. The SMILES string of the molecule is COc1ccc(CNc2nccnc2[C@@H](C)N2CCOc3nc(Cl)c(F)c4nc(OC[C@@]56CCCN5C[C@H](F)C6)nc2c34)cc1. The molecule has 0 saturated carbocycles. The van der Waals surface area contributed by atoms with Crippen molar-refractivity contribution < 1.29 is 23.0 Å². The highest BCUT2D eigenvalue weighted by Crippen LogP contribution is 2.43. The van der Waals surface area contributed by atoms with E-state index in [-0.39, 0.29) is 47.2 Å². The monoisotopic (exact) mass is 638 g/mol. The highest BCUT2D eigenvalue weighted by molar-refractivity contribution is 6.30.